The number of nitrogens with one attached hydrogen (secondary N) is 2. The molecule has 138 valence electrons. The normalized spacial score (nSPS) is 11.0. The van der Waals surface area contributed by atoms with Gasteiger partial charge in [0.05, 0.1) is 13.7 Å². The van der Waals surface area contributed by atoms with Crippen molar-refractivity contribution in [2.45, 2.75) is 6.54 Å². The van der Waals surface area contributed by atoms with Crippen LogP contribution in [0.25, 0.3) is 0 Å². The molecule has 26 heavy (non-hydrogen) atoms. The third-order valence-electron chi connectivity index (χ3n) is 3.69. The number of methoxy groups -OCH3 is 1. The Kier molecular flexibility index (Phi) is 6.96. The van der Waals surface area contributed by atoms with Crippen molar-refractivity contribution in [3.8, 4) is 5.75 Å². The molecule has 2 rings (SSSR count). The van der Waals surface area contributed by atoms with Crippen LogP contribution in [0.5, 0.6) is 5.75 Å². The standard InChI is InChI=1S/C19H23FN4O2/c1-21-19(24(2)13-14-7-4-5-10-17(14)26-3)22-12-18(25)23-16-9-6-8-15(20)11-16/h4-11H,12-13H2,1-3H3,(H,21,22)(H,23,25). The Morgan fingerprint density at radius 3 is 2.69 bits per heavy atom. The van der Waals surface area contributed by atoms with Gasteiger partial charge in [-0.2, -0.15) is 0 Å². The molecule has 1 amide bonds. The van der Waals surface area contributed by atoms with Crippen molar-refractivity contribution in [1.29, 1.82) is 0 Å². The van der Waals surface area contributed by atoms with Crippen LogP contribution in [-0.4, -0.2) is 44.5 Å². The molecule has 0 fully saturated rings. The summed E-state index contributed by atoms with van der Waals surface area (Å²) in [7, 11) is 5.14. The first kappa shape index (κ1) is 19.2. The number of carbonyl (C=O) groups excluding carboxylic acids is 1. The molecule has 0 aromatic heterocycles. The zero-order valence-corrected chi connectivity index (χ0v) is 15.1. The van der Waals surface area contributed by atoms with E-state index in [1.54, 1.807) is 26.3 Å². The highest BCUT2D eigenvalue weighted by Gasteiger charge is 2.11. The number of para-hydroxylation sites is 1. The molecule has 7 heteroatoms. The Labute approximate surface area is 152 Å². The highest BCUT2D eigenvalue weighted by molar-refractivity contribution is 5.94. The maximum absolute atomic E-state index is 13.2. The van der Waals surface area contributed by atoms with Gasteiger partial charge in [-0.15, -0.1) is 0 Å². The van der Waals surface area contributed by atoms with Crippen LogP contribution in [0, 0.1) is 5.82 Å². The Bertz CT molecular complexity index is 780. The second-order valence-electron chi connectivity index (χ2n) is 5.63. The molecule has 2 aromatic carbocycles. The summed E-state index contributed by atoms with van der Waals surface area (Å²) < 4.78 is 18.5. The average molecular weight is 358 g/mol. The van der Waals surface area contributed by atoms with Crippen molar-refractivity contribution in [2.24, 2.45) is 4.99 Å². The lowest BCUT2D eigenvalue weighted by atomic mass is 10.2. The van der Waals surface area contributed by atoms with E-state index >= 15 is 0 Å². The molecule has 0 saturated heterocycles. The fourth-order valence-corrected chi connectivity index (χ4v) is 2.48. The Hall–Kier alpha value is -3.09. The summed E-state index contributed by atoms with van der Waals surface area (Å²) in [6.45, 7) is 0.578. The summed E-state index contributed by atoms with van der Waals surface area (Å²) in [4.78, 5) is 18.1. The van der Waals surface area contributed by atoms with Crippen molar-refractivity contribution in [2.75, 3.05) is 33.1 Å². The zero-order chi connectivity index (χ0) is 18.9. The first-order chi connectivity index (χ1) is 12.5. The molecule has 0 aliphatic carbocycles. The monoisotopic (exact) mass is 358 g/mol. The third kappa shape index (κ3) is 5.47. The lowest BCUT2D eigenvalue weighted by molar-refractivity contribution is -0.115. The molecule has 0 aliphatic rings. The summed E-state index contributed by atoms with van der Waals surface area (Å²) in [5.74, 6) is 0.662. The van der Waals surface area contributed by atoms with Gasteiger partial charge in [-0.25, -0.2) is 4.39 Å². The number of amides is 1. The number of hydrogen-bond donors (Lipinski definition) is 2. The van der Waals surface area contributed by atoms with Gasteiger partial charge in [-0.3, -0.25) is 9.79 Å². The first-order valence-electron chi connectivity index (χ1n) is 8.12. The Morgan fingerprint density at radius 1 is 1.23 bits per heavy atom. The number of hydrogen-bond acceptors (Lipinski definition) is 3. The summed E-state index contributed by atoms with van der Waals surface area (Å²) in [5.41, 5.74) is 1.42. The predicted molar refractivity (Wildman–Crippen MR) is 101 cm³/mol. The minimum Gasteiger partial charge on any atom is -0.496 e. The maximum Gasteiger partial charge on any atom is 0.243 e. The molecule has 0 atom stereocenters. The van der Waals surface area contributed by atoms with Crippen LogP contribution in [0.1, 0.15) is 5.56 Å². The summed E-state index contributed by atoms with van der Waals surface area (Å²) >= 11 is 0. The number of guanidine groups is 1. The predicted octanol–water partition coefficient (Wildman–Crippen LogP) is 2.48. The number of benzene rings is 2. The number of anilines is 1. The van der Waals surface area contributed by atoms with Crippen LogP contribution < -0.4 is 15.4 Å². The van der Waals surface area contributed by atoms with Crippen molar-refractivity contribution >= 4 is 17.6 Å². The van der Waals surface area contributed by atoms with Crippen LogP contribution in [0.15, 0.2) is 53.5 Å². The lowest BCUT2D eigenvalue weighted by Crippen LogP contribution is -2.42. The number of carbonyl (C=O) groups is 1. The molecule has 6 nitrogen and oxygen atoms in total. The van der Waals surface area contributed by atoms with Crippen molar-refractivity contribution in [1.82, 2.24) is 10.2 Å². The van der Waals surface area contributed by atoms with Crippen LogP contribution in [0.2, 0.25) is 0 Å². The van der Waals surface area contributed by atoms with E-state index in [0.29, 0.717) is 18.2 Å². The van der Waals surface area contributed by atoms with Gasteiger partial charge in [0, 0.05) is 31.9 Å². The first-order valence-corrected chi connectivity index (χ1v) is 8.12. The van der Waals surface area contributed by atoms with E-state index in [9.17, 15) is 9.18 Å². The highest BCUT2D eigenvalue weighted by Crippen LogP contribution is 2.18. The van der Waals surface area contributed by atoms with Gasteiger partial charge in [0.2, 0.25) is 5.91 Å². The SMILES string of the molecule is CN=C(NCC(=O)Nc1cccc(F)c1)N(C)Cc1ccccc1OC. The average Bonchev–Trinajstić information content (AvgIpc) is 2.62. The molecule has 0 spiro atoms. The number of nitrogens with zero attached hydrogens (tertiary/aromatic N) is 2. The second kappa shape index (κ2) is 9.41. The minimum atomic E-state index is -0.400. The fourth-order valence-electron chi connectivity index (χ4n) is 2.48. The Balaban J connectivity index is 1.91. The molecular formula is C19H23FN4O2. The molecule has 2 aromatic rings. The van der Waals surface area contributed by atoms with Crippen LogP contribution in [0.3, 0.4) is 0 Å². The van der Waals surface area contributed by atoms with E-state index in [1.807, 2.05) is 36.2 Å². The van der Waals surface area contributed by atoms with Crippen LogP contribution in [0.4, 0.5) is 10.1 Å². The molecule has 0 heterocycles. The molecule has 0 unspecified atom stereocenters. The van der Waals surface area contributed by atoms with Gasteiger partial charge in [0.15, 0.2) is 5.96 Å². The number of halogens is 1. The topological polar surface area (TPSA) is 66.0 Å². The second-order valence-corrected chi connectivity index (χ2v) is 5.63. The number of ether oxygens (including phenoxy) is 1. The van der Waals surface area contributed by atoms with E-state index in [0.717, 1.165) is 11.3 Å². The van der Waals surface area contributed by atoms with Gasteiger partial charge in [0.1, 0.15) is 11.6 Å². The van der Waals surface area contributed by atoms with E-state index in [4.69, 9.17) is 4.74 Å². The van der Waals surface area contributed by atoms with Crippen molar-refractivity contribution < 1.29 is 13.9 Å². The molecule has 0 radical (unpaired) electrons. The van der Waals surface area contributed by atoms with Gasteiger partial charge < -0.3 is 20.3 Å². The van der Waals surface area contributed by atoms with Gasteiger partial charge in [-0.1, -0.05) is 24.3 Å². The third-order valence-corrected chi connectivity index (χ3v) is 3.69. The maximum atomic E-state index is 13.2. The summed E-state index contributed by atoms with van der Waals surface area (Å²) in [6.07, 6.45) is 0. The fraction of sp³-hybridized carbons (Fsp3) is 0.263. The minimum absolute atomic E-state index is 0.0133. The van der Waals surface area contributed by atoms with Gasteiger partial charge in [-0.05, 0) is 24.3 Å². The highest BCUT2D eigenvalue weighted by atomic mass is 19.1. The smallest absolute Gasteiger partial charge is 0.243 e. The zero-order valence-electron chi connectivity index (χ0n) is 15.1. The van der Waals surface area contributed by atoms with E-state index in [-0.39, 0.29) is 12.5 Å². The van der Waals surface area contributed by atoms with Gasteiger partial charge >= 0.3 is 0 Å². The van der Waals surface area contributed by atoms with Crippen LogP contribution >= 0.6 is 0 Å². The molecular weight excluding hydrogens is 335 g/mol. The van der Waals surface area contributed by atoms with Gasteiger partial charge in [0.25, 0.3) is 0 Å². The molecule has 0 saturated carbocycles. The van der Waals surface area contributed by atoms with Crippen molar-refractivity contribution in [3.63, 3.8) is 0 Å². The molecule has 0 aliphatic heterocycles. The largest absolute Gasteiger partial charge is 0.496 e. The number of rotatable bonds is 6. The van der Waals surface area contributed by atoms with Crippen molar-refractivity contribution in [3.05, 3.63) is 59.9 Å². The quantitative estimate of drug-likeness (QED) is 0.615. The molecule has 0 bridgehead atoms. The summed E-state index contributed by atoms with van der Waals surface area (Å²) in [5, 5.41) is 5.62. The lowest BCUT2D eigenvalue weighted by Gasteiger charge is -2.23. The van der Waals surface area contributed by atoms with Crippen LogP contribution in [-0.2, 0) is 11.3 Å². The van der Waals surface area contributed by atoms with E-state index < -0.39 is 5.82 Å². The number of aliphatic imine (C=N–C) groups is 1. The molecule has 2 N–H and O–H groups in total. The Morgan fingerprint density at radius 2 is 2.00 bits per heavy atom. The summed E-state index contributed by atoms with van der Waals surface area (Å²) in [6, 6.07) is 13.5. The van der Waals surface area contributed by atoms with E-state index in [2.05, 4.69) is 15.6 Å². The van der Waals surface area contributed by atoms with E-state index in [1.165, 1.54) is 12.1 Å².